The van der Waals surface area contributed by atoms with E-state index < -0.39 is 17.5 Å². The zero-order chi connectivity index (χ0) is 22.9. The molecule has 1 amide bonds. The molecule has 0 fully saturated rings. The molecule has 3 aromatic heterocycles. The standard InChI is InChI=1S/C19H19N3O6S3/c1-5-28-18(27)12-7(2)9(4)30-16(12)20-10(23)6-29-19-21-14(24)11-8(3)13(17(25)26)31-15(11)22-19/h5-6H2,1-4H3,(H,20,23)(H,25,26)(H,21,22,24). The van der Waals surface area contributed by atoms with E-state index in [9.17, 15) is 24.3 Å². The first kappa shape index (κ1) is 23.0. The molecule has 0 saturated heterocycles. The number of amides is 1. The van der Waals surface area contributed by atoms with Crippen molar-refractivity contribution in [1.82, 2.24) is 9.97 Å². The Morgan fingerprint density at radius 3 is 2.55 bits per heavy atom. The van der Waals surface area contributed by atoms with Crippen molar-refractivity contribution in [3.63, 3.8) is 0 Å². The highest BCUT2D eigenvalue weighted by atomic mass is 32.2. The van der Waals surface area contributed by atoms with Crippen molar-refractivity contribution in [3.8, 4) is 0 Å². The van der Waals surface area contributed by atoms with Crippen LogP contribution in [-0.4, -0.2) is 45.3 Å². The predicted octanol–water partition coefficient (Wildman–Crippen LogP) is 3.58. The van der Waals surface area contributed by atoms with Crippen molar-refractivity contribution in [2.75, 3.05) is 17.7 Å². The molecule has 0 bridgehead atoms. The van der Waals surface area contributed by atoms with Gasteiger partial charge in [0, 0.05) is 4.88 Å². The van der Waals surface area contributed by atoms with E-state index >= 15 is 0 Å². The number of aromatic nitrogens is 2. The highest BCUT2D eigenvalue weighted by Gasteiger charge is 2.23. The van der Waals surface area contributed by atoms with Crippen LogP contribution in [0.1, 0.15) is 43.0 Å². The van der Waals surface area contributed by atoms with Crippen LogP contribution in [0, 0.1) is 20.8 Å². The van der Waals surface area contributed by atoms with E-state index in [1.807, 2.05) is 6.92 Å². The van der Waals surface area contributed by atoms with Crippen LogP contribution in [0.5, 0.6) is 0 Å². The van der Waals surface area contributed by atoms with Gasteiger partial charge in [0.25, 0.3) is 5.56 Å². The fraction of sp³-hybridized carbons (Fsp3) is 0.316. The Bertz CT molecular complexity index is 1260. The second kappa shape index (κ2) is 9.20. The molecule has 164 valence electrons. The minimum atomic E-state index is -1.12. The second-order valence-corrected chi connectivity index (χ2v) is 9.65. The molecule has 3 aromatic rings. The molecule has 0 atom stereocenters. The Labute approximate surface area is 188 Å². The molecule has 12 heteroatoms. The fourth-order valence-corrected chi connectivity index (χ4v) is 5.66. The van der Waals surface area contributed by atoms with Gasteiger partial charge in [-0.1, -0.05) is 11.8 Å². The summed E-state index contributed by atoms with van der Waals surface area (Å²) in [7, 11) is 0. The van der Waals surface area contributed by atoms with E-state index in [0.29, 0.717) is 21.0 Å². The zero-order valence-electron chi connectivity index (χ0n) is 17.1. The summed E-state index contributed by atoms with van der Waals surface area (Å²) in [6, 6.07) is 0. The van der Waals surface area contributed by atoms with Crippen LogP contribution >= 0.6 is 34.4 Å². The molecule has 31 heavy (non-hydrogen) atoms. The van der Waals surface area contributed by atoms with Crippen LogP contribution in [0.3, 0.4) is 0 Å². The Morgan fingerprint density at radius 2 is 1.90 bits per heavy atom. The molecule has 0 radical (unpaired) electrons. The molecule has 3 heterocycles. The molecule has 0 spiro atoms. The van der Waals surface area contributed by atoms with Crippen molar-refractivity contribution in [3.05, 3.63) is 36.8 Å². The summed E-state index contributed by atoms with van der Waals surface area (Å²) in [6.45, 7) is 7.14. The lowest BCUT2D eigenvalue weighted by molar-refractivity contribution is -0.113. The number of fused-ring (bicyclic) bond motifs is 1. The van der Waals surface area contributed by atoms with Gasteiger partial charge in [-0.2, -0.15) is 0 Å². The Balaban J connectivity index is 1.77. The van der Waals surface area contributed by atoms with Gasteiger partial charge in [0.05, 0.1) is 23.3 Å². The third-order valence-electron chi connectivity index (χ3n) is 4.43. The summed E-state index contributed by atoms with van der Waals surface area (Å²) < 4.78 is 5.08. The number of esters is 1. The van der Waals surface area contributed by atoms with E-state index in [1.54, 1.807) is 20.8 Å². The van der Waals surface area contributed by atoms with Crippen LogP contribution < -0.4 is 10.9 Å². The van der Waals surface area contributed by atoms with E-state index in [2.05, 4.69) is 15.3 Å². The van der Waals surface area contributed by atoms with Gasteiger partial charge in [-0.15, -0.1) is 22.7 Å². The largest absolute Gasteiger partial charge is 0.477 e. The van der Waals surface area contributed by atoms with Gasteiger partial charge in [0.15, 0.2) is 5.16 Å². The predicted molar refractivity (Wildman–Crippen MR) is 121 cm³/mol. The summed E-state index contributed by atoms with van der Waals surface area (Å²) in [6.07, 6.45) is 0. The number of hydrogen-bond acceptors (Lipinski definition) is 9. The zero-order valence-corrected chi connectivity index (χ0v) is 19.5. The van der Waals surface area contributed by atoms with Crippen LogP contribution in [0.15, 0.2) is 9.95 Å². The van der Waals surface area contributed by atoms with Crippen LogP contribution in [0.2, 0.25) is 0 Å². The molecule has 0 aliphatic heterocycles. The monoisotopic (exact) mass is 481 g/mol. The number of carbonyl (C=O) groups excluding carboxylic acids is 2. The van der Waals surface area contributed by atoms with E-state index in [-0.39, 0.29) is 33.7 Å². The number of thioether (sulfide) groups is 1. The highest BCUT2D eigenvalue weighted by molar-refractivity contribution is 7.99. The van der Waals surface area contributed by atoms with Gasteiger partial charge in [0.2, 0.25) is 5.91 Å². The summed E-state index contributed by atoms with van der Waals surface area (Å²) in [5.41, 5.74) is 1.00. The minimum Gasteiger partial charge on any atom is -0.477 e. The topological polar surface area (TPSA) is 138 Å². The van der Waals surface area contributed by atoms with E-state index in [0.717, 1.165) is 33.5 Å². The van der Waals surface area contributed by atoms with Crippen molar-refractivity contribution in [2.24, 2.45) is 0 Å². The third kappa shape index (κ3) is 4.65. The van der Waals surface area contributed by atoms with Crippen LogP contribution in [0.4, 0.5) is 5.00 Å². The number of carboxylic acids is 1. The van der Waals surface area contributed by atoms with Gasteiger partial charge in [0.1, 0.15) is 14.7 Å². The number of nitrogens with one attached hydrogen (secondary N) is 2. The average molecular weight is 482 g/mol. The number of rotatable bonds is 7. The SMILES string of the molecule is CCOC(=O)c1c(NC(=O)CSc2nc3sc(C(=O)O)c(C)c3c(=O)[nH]2)sc(C)c1C. The minimum absolute atomic E-state index is 0.0582. The molecular formula is C19H19N3O6S3. The van der Waals surface area contributed by atoms with Crippen LogP contribution in [0.25, 0.3) is 10.2 Å². The van der Waals surface area contributed by atoms with Gasteiger partial charge >= 0.3 is 11.9 Å². The van der Waals surface area contributed by atoms with Crippen molar-refractivity contribution >= 4 is 67.5 Å². The van der Waals surface area contributed by atoms with Gasteiger partial charge in [-0.05, 0) is 38.8 Å². The number of aromatic amines is 1. The summed E-state index contributed by atoms with van der Waals surface area (Å²) in [4.78, 5) is 56.5. The number of thiophene rings is 2. The number of carbonyl (C=O) groups is 3. The van der Waals surface area contributed by atoms with E-state index in [1.165, 1.54) is 11.3 Å². The number of aryl methyl sites for hydroxylation is 2. The smallest absolute Gasteiger partial charge is 0.346 e. The summed E-state index contributed by atoms with van der Waals surface area (Å²) in [5, 5.41) is 12.8. The first-order valence-electron chi connectivity index (χ1n) is 9.10. The van der Waals surface area contributed by atoms with E-state index in [4.69, 9.17) is 4.74 Å². The first-order chi connectivity index (χ1) is 14.6. The number of aromatic carboxylic acids is 1. The molecule has 9 nitrogen and oxygen atoms in total. The second-order valence-electron chi connectivity index (χ2n) is 6.46. The molecule has 0 saturated carbocycles. The number of carboxylic acid groups (broad SMARTS) is 1. The van der Waals surface area contributed by atoms with Crippen molar-refractivity contribution < 1.29 is 24.2 Å². The Morgan fingerprint density at radius 1 is 1.19 bits per heavy atom. The third-order valence-corrected chi connectivity index (χ3v) is 7.60. The lowest BCUT2D eigenvalue weighted by Gasteiger charge is -2.07. The fourth-order valence-electron chi connectivity index (χ4n) is 2.86. The maximum Gasteiger partial charge on any atom is 0.346 e. The highest BCUT2D eigenvalue weighted by Crippen LogP contribution is 2.33. The number of nitrogens with zero attached hydrogens (tertiary/aromatic N) is 1. The molecule has 0 aromatic carbocycles. The Hall–Kier alpha value is -2.70. The molecule has 3 N–H and O–H groups in total. The van der Waals surface area contributed by atoms with Gasteiger partial charge < -0.3 is 20.1 Å². The quantitative estimate of drug-likeness (QED) is 0.264. The number of H-pyrrole nitrogens is 1. The molecule has 0 aliphatic carbocycles. The normalized spacial score (nSPS) is 11.0. The maximum atomic E-state index is 12.5. The van der Waals surface area contributed by atoms with Crippen molar-refractivity contribution in [1.29, 1.82) is 0 Å². The summed E-state index contributed by atoms with van der Waals surface area (Å²) in [5.74, 6) is -2.06. The average Bonchev–Trinajstić information content (AvgIpc) is 3.17. The molecule has 3 rings (SSSR count). The molecule has 0 aliphatic rings. The van der Waals surface area contributed by atoms with Crippen molar-refractivity contribution in [2.45, 2.75) is 32.9 Å². The lowest BCUT2D eigenvalue weighted by atomic mass is 10.1. The van der Waals surface area contributed by atoms with Gasteiger partial charge in [-0.25, -0.2) is 14.6 Å². The summed E-state index contributed by atoms with van der Waals surface area (Å²) >= 11 is 3.21. The number of hydrogen-bond donors (Lipinski definition) is 3. The number of anilines is 1. The first-order valence-corrected chi connectivity index (χ1v) is 11.7. The molecular weight excluding hydrogens is 462 g/mol. The molecule has 0 unspecified atom stereocenters. The van der Waals surface area contributed by atoms with Crippen LogP contribution in [-0.2, 0) is 9.53 Å². The Kier molecular flexibility index (Phi) is 6.82. The maximum absolute atomic E-state index is 12.5. The number of ether oxygens (including phenoxy) is 1. The van der Waals surface area contributed by atoms with Gasteiger partial charge in [-0.3, -0.25) is 9.59 Å². The lowest BCUT2D eigenvalue weighted by Crippen LogP contribution is -2.17.